The standard InChI is InChI=1S/C16H19BrN6O2S/c17-14-12-20-16(21-13-14)22-7-9-23(10-8-22)26(24,25)11-2-1-4-15-18-5-3-6-19-15/h2-3,5-6,11-13H,1,4,7-10H2/b11-2-. The topological polar surface area (TPSA) is 92.2 Å². The number of nitrogens with zero attached hydrogens (tertiary/aromatic N) is 6. The van der Waals surface area contributed by atoms with E-state index >= 15 is 0 Å². The molecule has 1 aliphatic rings. The predicted molar refractivity (Wildman–Crippen MR) is 102 cm³/mol. The third kappa shape index (κ3) is 5.05. The van der Waals surface area contributed by atoms with E-state index in [-0.39, 0.29) is 0 Å². The van der Waals surface area contributed by atoms with Crippen LogP contribution in [0.15, 0.2) is 46.8 Å². The van der Waals surface area contributed by atoms with Crippen LogP contribution in [-0.2, 0) is 16.4 Å². The van der Waals surface area contributed by atoms with Gasteiger partial charge in [0.1, 0.15) is 5.82 Å². The lowest BCUT2D eigenvalue weighted by Crippen LogP contribution is -2.48. The fourth-order valence-electron chi connectivity index (χ4n) is 2.56. The molecule has 0 aliphatic carbocycles. The van der Waals surface area contributed by atoms with Crippen LogP contribution in [0.4, 0.5) is 5.95 Å². The summed E-state index contributed by atoms with van der Waals surface area (Å²) in [5, 5.41) is 1.28. The lowest BCUT2D eigenvalue weighted by molar-refractivity contribution is 0.387. The van der Waals surface area contributed by atoms with Gasteiger partial charge >= 0.3 is 0 Å². The van der Waals surface area contributed by atoms with E-state index in [9.17, 15) is 8.42 Å². The number of sulfonamides is 1. The molecule has 1 saturated heterocycles. The molecule has 2 aromatic rings. The highest BCUT2D eigenvalue weighted by molar-refractivity contribution is 9.10. The number of hydrogen-bond acceptors (Lipinski definition) is 7. The molecular weight excluding hydrogens is 420 g/mol. The molecule has 1 fully saturated rings. The maximum atomic E-state index is 12.4. The highest BCUT2D eigenvalue weighted by atomic mass is 79.9. The van der Waals surface area contributed by atoms with Gasteiger partial charge in [-0.1, -0.05) is 6.08 Å². The van der Waals surface area contributed by atoms with Gasteiger partial charge in [-0.2, -0.15) is 4.31 Å². The zero-order valence-corrected chi connectivity index (χ0v) is 16.5. The minimum atomic E-state index is -3.41. The highest BCUT2D eigenvalue weighted by Crippen LogP contribution is 2.15. The molecule has 10 heteroatoms. The second-order valence-electron chi connectivity index (χ2n) is 5.71. The van der Waals surface area contributed by atoms with Gasteiger partial charge in [0.05, 0.1) is 4.47 Å². The Morgan fingerprint density at radius 3 is 2.35 bits per heavy atom. The number of aromatic nitrogens is 4. The van der Waals surface area contributed by atoms with Crippen LogP contribution in [0.1, 0.15) is 12.2 Å². The number of aryl methyl sites for hydroxylation is 1. The summed E-state index contributed by atoms with van der Waals surface area (Å²) < 4.78 is 27.2. The van der Waals surface area contributed by atoms with E-state index in [0.29, 0.717) is 50.8 Å². The molecule has 0 amide bonds. The van der Waals surface area contributed by atoms with Gasteiger partial charge in [-0.25, -0.2) is 28.4 Å². The molecule has 1 aliphatic heterocycles. The molecule has 3 heterocycles. The van der Waals surface area contributed by atoms with Crippen molar-refractivity contribution in [1.82, 2.24) is 24.2 Å². The van der Waals surface area contributed by atoms with Gasteiger partial charge in [-0.05, 0) is 28.4 Å². The minimum Gasteiger partial charge on any atom is -0.338 e. The second kappa shape index (κ2) is 8.65. The fraction of sp³-hybridized carbons (Fsp3) is 0.375. The molecule has 0 aromatic carbocycles. The maximum Gasteiger partial charge on any atom is 0.236 e. The number of rotatable bonds is 6. The third-order valence-electron chi connectivity index (χ3n) is 3.91. The van der Waals surface area contributed by atoms with Gasteiger partial charge in [0.25, 0.3) is 0 Å². The number of anilines is 1. The van der Waals surface area contributed by atoms with Crippen molar-refractivity contribution in [2.24, 2.45) is 0 Å². The van der Waals surface area contributed by atoms with Gasteiger partial charge in [0.2, 0.25) is 16.0 Å². The van der Waals surface area contributed by atoms with E-state index in [1.54, 1.807) is 36.9 Å². The van der Waals surface area contributed by atoms with Gasteiger partial charge in [0, 0.05) is 62.8 Å². The molecule has 2 aromatic heterocycles. The summed E-state index contributed by atoms with van der Waals surface area (Å²) >= 11 is 3.30. The summed E-state index contributed by atoms with van der Waals surface area (Å²) in [6, 6.07) is 1.75. The Morgan fingerprint density at radius 1 is 1.04 bits per heavy atom. The summed E-state index contributed by atoms with van der Waals surface area (Å²) in [6.07, 6.45) is 9.58. The van der Waals surface area contributed by atoms with E-state index in [2.05, 4.69) is 35.9 Å². The summed E-state index contributed by atoms with van der Waals surface area (Å²) in [5.41, 5.74) is 0. The van der Waals surface area contributed by atoms with Crippen LogP contribution in [0.5, 0.6) is 0 Å². The van der Waals surface area contributed by atoms with Crippen LogP contribution in [-0.4, -0.2) is 58.8 Å². The molecule has 8 nitrogen and oxygen atoms in total. The molecule has 26 heavy (non-hydrogen) atoms. The van der Waals surface area contributed by atoms with Gasteiger partial charge in [0.15, 0.2) is 0 Å². The Balaban J connectivity index is 1.51. The van der Waals surface area contributed by atoms with Crippen molar-refractivity contribution < 1.29 is 8.42 Å². The Labute approximate surface area is 161 Å². The maximum absolute atomic E-state index is 12.4. The van der Waals surface area contributed by atoms with Crippen LogP contribution in [0.3, 0.4) is 0 Å². The molecule has 0 atom stereocenters. The monoisotopic (exact) mass is 438 g/mol. The van der Waals surface area contributed by atoms with Crippen molar-refractivity contribution in [3.8, 4) is 0 Å². The average Bonchev–Trinajstić information content (AvgIpc) is 2.67. The zero-order valence-electron chi connectivity index (χ0n) is 14.1. The van der Waals surface area contributed by atoms with Crippen molar-refractivity contribution in [3.05, 3.63) is 52.6 Å². The highest BCUT2D eigenvalue weighted by Gasteiger charge is 2.25. The molecule has 0 N–H and O–H groups in total. The molecule has 138 valence electrons. The first-order valence-electron chi connectivity index (χ1n) is 8.20. The quantitative estimate of drug-likeness (QED) is 0.676. The minimum absolute atomic E-state index is 0.411. The van der Waals surface area contributed by atoms with E-state index in [0.717, 1.165) is 4.47 Å². The lowest BCUT2D eigenvalue weighted by Gasteiger charge is -2.33. The van der Waals surface area contributed by atoms with Crippen molar-refractivity contribution in [2.75, 3.05) is 31.1 Å². The smallest absolute Gasteiger partial charge is 0.236 e. The number of allylic oxidation sites excluding steroid dienone is 1. The molecule has 0 saturated carbocycles. The van der Waals surface area contributed by atoms with Crippen LogP contribution in [0, 0.1) is 0 Å². The van der Waals surface area contributed by atoms with Crippen LogP contribution < -0.4 is 4.90 Å². The van der Waals surface area contributed by atoms with Gasteiger partial charge < -0.3 is 4.90 Å². The first-order valence-corrected chi connectivity index (χ1v) is 10.5. The van der Waals surface area contributed by atoms with Crippen LogP contribution in [0.25, 0.3) is 0 Å². The number of hydrogen-bond donors (Lipinski definition) is 0. The van der Waals surface area contributed by atoms with E-state index < -0.39 is 10.0 Å². The lowest BCUT2D eigenvalue weighted by atomic mass is 10.3. The largest absolute Gasteiger partial charge is 0.338 e. The average molecular weight is 439 g/mol. The first-order chi connectivity index (χ1) is 12.5. The Morgan fingerprint density at radius 2 is 1.69 bits per heavy atom. The molecule has 3 rings (SSSR count). The van der Waals surface area contributed by atoms with E-state index in [1.165, 1.54) is 9.71 Å². The molecule has 0 bridgehead atoms. The first kappa shape index (κ1) is 18.9. The van der Waals surface area contributed by atoms with Gasteiger partial charge in [-0.3, -0.25) is 0 Å². The summed E-state index contributed by atoms with van der Waals surface area (Å²) in [4.78, 5) is 18.7. The molecule has 0 unspecified atom stereocenters. The van der Waals surface area contributed by atoms with Crippen molar-refractivity contribution in [2.45, 2.75) is 12.8 Å². The summed E-state index contributed by atoms with van der Waals surface area (Å²) in [6.45, 7) is 1.95. The van der Waals surface area contributed by atoms with Crippen molar-refractivity contribution in [1.29, 1.82) is 0 Å². The Kier molecular flexibility index (Phi) is 6.28. The number of halogens is 1. The van der Waals surface area contributed by atoms with Gasteiger partial charge in [-0.15, -0.1) is 0 Å². The molecular formula is C16H19BrN6O2S. The fourth-order valence-corrected chi connectivity index (χ4v) is 3.99. The zero-order chi connectivity index (χ0) is 18.4. The molecule has 0 radical (unpaired) electrons. The summed E-state index contributed by atoms with van der Waals surface area (Å²) in [5.74, 6) is 1.32. The third-order valence-corrected chi connectivity index (χ3v) is 5.94. The van der Waals surface area contributed by atoms with Crippen molar-refractivity contribution >= 4 is 31.9 Å². The van der Waals surface area contributed by atoms with E-state index in [1.807, 2.05) is 4.90 Å². The van der Waals surface area contributed by atoms with Crippen LogP contribution >= 0.6 is 15.9 Å². The molecule has 0 spiro atoms. The SMILES string of the molecule is O=S(=O)(/C=C\CCc1ncccn1)N1CCN(c2ncc(Br)cn2)CC1. The normalized spacial score (nSPS) is 16.3. The van der Waals surface area contributed by atoms with Crippen molar-refractivity contribution in [3.63, 3.8) is 0 Å². The predicted octanol–water partition coefficient (Wildman–Crippen LogP) is 1.63. The Hall–Kier alpha value is -1.91. The summed E-state index contributed by atoms with van der Waals surface area (Å²) in [7, 11) is -3.41. The number of piperazine rings is 1. The second-order valence-corrected chi connectivity index (χ2v) is 8.44. The van der Waals surface area contributed by atoms with E-state index in [4.69, 9.17) is 0 Å². The van der Waals surface area contributed by atoms with Crippen LogP contribution in [0.2, 0.25) is 0 Å². The Bertz CT molecular complexity index is 837.